The average Bonchev–Trinajstić information content (AvgIpc) is 3.04. The molecule has 0 spiro atoms. The number of carboxylic acid groups (broad SMARTS) is 1. The summed E-state index contributed by atoms with van der Waals surface area (Å²) in [6.45, 7) is 1.37. The Morgan fingerprint density at radius 3 is 2.70 bits per heavy atom. The first-order valence-electron chi connectivity index (χ1n) is 6.47. The maximum absolute atomic E-state index is 14.0. The normalized spacial score (nSPS) is 29.8. The first-order valence-corrected chi connectivity index (χ1v) is 7.63. The fourth-order valence-corrected chi connectivity index (χ4v) is 3.61. The number of amides is 2. The van der Waals surface area contributed by atoms with Crippen molar-refractivity contribution in [2.45, 2.75) is 31.5 Å². The predicted molar refractivity (Wildman–Crippen MR) is 70.9 cm³/mol. The van der Waals surface area contributed by atoms with E-state index in [4.69, 9.17) is 5.11 Å². The molecule has 0 aliphatic carbocycles. The van der Waals surface area contributed by atoms with Gasteiger partial charge in [-0.15, -0.1) is 11.8 Å². The molecule has 112 valence electrons. The van der Waals surface area contributed by atoms with Gasteiger partial charge < -0.3 is 14.9 Å². The lowest BCUT2D eigenvalue weighted by atomic mass is 10.1. The number of hydrogen-bond donors (Lipinski definition) is 1. The molecule has 6 nitrogen and oxygen atoms in total. The maximum Gasteiger partial charge on any atom is 0.343 e. The molecular formula is C12H17FN2O4S. The zero-order chi connectivity index (χ0) is 14.9. The Morgan fingerprint density at radius 1 is 1.45 bits per heavy atom. The van der Waals surface area contributed by atoms with Crippen LogP contribution >= 0.6 is 11.8 Å². The van der Waals surface area contributed by atoms with Crippen molar-refractivity contribution in [2.24, 2.45) is 0 Å². The summed E-state index contributed by atoms with van der Waals surface area (Å²) in [7, 11) is 0. The van der Waals surface area contributed by atoms with E-state index >= 15 is 0 Å². The first-order chi connectivity index (χ1) is 9.39. The number of nitrogens with zero attached hydrogens (tertiary/aromatic N) is 2. The van der Waals surface area contributed by atoms with Gasteiger partial charge in [-0.1, -0.05) is 6.92 Å². The van der Waals surface area contributed by atoms with Crippen LogP contribution in [0.25, 0.3) is 0 Å². The molecule has 2 rings (SSSR count). The molecule has 2 heterocycles. The molecule has 2 amide bonds. The summed E-state index contributed by atoms with van der Waals surface area (Å²) in [6.07, 6.45) is 0.113. The zero-order valence-electron chi connectivity index (χ0n) is 11.2. The van der Waals surface area contributed by atoms with Crippen LogP contribution in [0.1, 0.15) is 19.8 Å². The number of hydrogen-bond acceptors (Lipinski definition) is 4. The highest BCUT2D eigenvalue weighted by Crippen LogP contribution is 2.29. The van der Waals surface area contributed by atoms with Gasteiger partial charge in [-0.25, -0.2) is 9.18 Å². The second kappa shape index (κ2) is 5.59. The van der Waals surface area contributed by atoms with Crippen LogP contribution in [0.5, 0.6) is 0 Å². The Hall–Kier alpha value is -1.31. The number of carbonyl (C=O) groups excluding carboxylic acids is 2. The summed E-state index contributed by atoms with van der Waals surface area (Å²) in [5, 5.41) is 8.83. The van der Waals surface area contributed by atoms with Crippen LogP contribution in [0.3, 0.4) is 0 Å². The minimum atomic E-state index is -2.36. The second-order valence-electron chi connectivity index (χ2n) is 5.01. The third-order valence-corrected chi connectivity index (χ3v) is 4.72. The summed E-state index contributed by atoms with van der Waals surface area (Å²) < 4.78 is 14.0. The van der Waals surface area contributed by atoms with Gasteiger partial charge in [-0.2, -0.15) is 0 Å². The van der Waals surface area contributed by atoms with Crippen LogP contribution in [0.4, 0.5) is 4.39 Å². The Balaban J connectivity index is 2.05. The van der Waals surface area contributed by atoms with E-state index in [1.165, 1.54) is 21.6 Å². The minimum Gasteiger partial charge on any atom is -0.479 e. The first kappa shape index (κ1) is 15.1. The van der Waals surface area contributed by atoms with E-state index in [0.717, 1.165) is 0 Å². The number of likely N-dealkylation sites (tertiary alicyclic amines) is 1. The molecule has 2 atom stereocenters. The quantitative estimate of drug-likeness (QED) is 0.812. The molecule has 2 aliphatic rings. The Labute approximate surface area is 120 Å². The number of carboxylic acids is 1. The van der Waals surface area contributed by atoms with Crippen LogP contribution in [-0.4, -0.2) is 69.1 Å². The van der Waals surface area contributed by atoms with Gasteiger partial charge >= 0.3 is 5.97 Å². The molecule has 0 aromatic carbocycles. The molecule has 2 saturated heterocycles. The van der Waals surface area contributed by atoms with Crippen molar-refractivity contribution in [3.05, 3.63) is 0 Å². The van der Waals surface area contributed by atoms with Crippen molar-refractivity contribution in [3.8, 4) is 0 Å². The van der Waals surface area contributed by atoms with Gasteiger partial charge in [0.25, 0.3) is 0 Å². The predicted octanol–water partition coefficient (Wildman–Crippen LogP) is 0.323. The van der Waals surface area contributed by atoms with Crippen molar-refractivity contribution in [1.29, 1.82) is 0 Å². The molecular weight excluding hydrogens is 287 g/mol. The van der Waals surface area contributed by atoms with Crippen LogP contribution in [0.15, 0.2) is 0 Å². The SMILES string of the molecule is CCC(=O)N1CSCC1C(=O)N1CCC(F)(C(=O)O)C1. The smallest absolute Gasteiger partial charge is 0.343 e. The molecule has 20 heavy (non-hydrogen) atoms. The van der Waals surface area contributed by atoms with E-state index in [2.05, 4.69) is 0 Å². The lowest BCUT2D eigenvalue weighted by Crippen LogP contribution is -2.49. The molecule has 2 fully saturated rings. The third-order valence-electron chi connectivity index (χ3n) is 3.70. The van der Waals surface area contributed by atoms with Crippen molar-refractivity contribution >= 4 is 29.5 Å². The third kappa shape index (κ3) is 2.61. The number of aliphatic carboxylic acids is 1. The minimum absolute atomic E-state index is 0.0803. The maximum atomic E-state index is 14.0. The van der Waals surface area contributed by atoms with Crippen molar-refractivity contribution in [3.63, 3.8) is 0 Å². The molecule has 0 saturated carbocycles. The van der Waals surface area contributed by atoms with E-state index in [-0.39, 0.29) is 24.8 Å². The van der Waals surface area contributed by atoms with E-state index in [9.17, 15) is 18.8 Å². The molecule has 0 aromatic rings. The lowest BCUT2D eigenvalue weighted by Gasteiger charge is -2.27. The molecule has 0 aromatic heterocycles. The summed E-state index contributed by atoms with van der Waals surface area (Å²) in [5.74, 6) is -1.06. The molecule has 2 unspecified atom stereocenters. The van der Waals surface area contributed by atoms with Crippen LogP contribution in [-0.2, 0) is 14.4 Å². The lowest BCUT2D eigenvalue weighted by molar-refractivity contribution is -0.151. The average molecular weight is 304 g/mol. The molecule has 0 radical (unpaired) electrons. The fraction of sp³-hybridized carbons (Fsp3) is 0.750. The van der Waals surface area contributed by atoms with Crippen LogP contribution < -0.4 is 0 Å². The molecule has 0 bridgehead atoms. The Kier molecular flexibility index (Phi) is 4.22. The highest BCUT2D eigenvalue weighted by molar-refractivity contribution is 7.99. The number of thioether (sulfide) groups is 1. The topological polar surface area (TPSA) is 77.9 Å². The highest BCUT2D eigenvalue weighted by Gasteiger charge is 2.49. The van der Waals surface area contributed by atoms with Gasteiger partial charge in [0.2, 0.25) is 17.5 Å². The van der Waals surface area contributed by atoms with E-state index in [0.29, 0.717) is 18.1 Å². The van der Waals surface area contributed by atoms with Crippen molar-refractivity contribution in [2.75, 3.05) is 24.7 Å². The monoisotopic (exact) mass is 304 g/mol. The van der Waals surface area contributed by atoms with Gasteiger partial charge in [0.05, 0.1) is 12.4 Å². The van der Waals surface area contributed by atoms with Gasteiger partial charge in [0.1, 0.15) is 6.04 Å². The number of rotatable bonds is 3. The molecule has 1 N–H and O–H groups in total. The summed E-state index contributed by atoms with van der Waals surface area (Å²) in [4.78, 5) is 37.7. The van der Waals surface area contributed by atoms with E-state index < -0.39 is 24.2 Å². The van der Waals surface area contributed by atoms with Gasteiger partial charge in [0.15, 0.2) is 0 Å². The largest absolute Gasteiger partial charge is 0.479 e. The summed E-state index contributed by atoms with van der Waals surface area (Å²) in [5.41, 5.74) is -2.36. The molecule has 2 aliphatic heterocycles. The van der Waals surface area contributed by atoms with Gasteiger partial charge in [-0.05, 0) is 0 Å². The zero-order valence-corrected chi connectivity index (χ0v) is 12.0. The van der Waals surface area contributed by atoms with Crippen LogP contribution in [0, 0.1) is 0 Å². The molecule has 8 heteroatoms. The summed E-state index contributed by atoms with van der Waals surface area (Å²) in [6, 6.07) is -0.594. The number of alkyl halides is 1. The van der Waals surface area contributed by atoms with Crippen LogP contribution in [0.2, 0.25) is 0 Å². The van der Waals surface area contributed by atoms with Crippen molar-refractivity contribution < 1.29 is 23.9 Å². The fourth-order valence-electron chi connectivity index (χ4n) is 2.44. The van der Waals surface area contributed by atoms with Gasteiger partial charge in [0, 0.05) is 25.1 Å². The standard InChI is InChI=1S/C12H17FN2O4S/c1-2-9(16)15-7-20-5-8(15)10(17)14-4-3-12(13,6-14)11(18)19/h8H,2-7H2,1H3,(H,18,19). The van der Waals surface area contributed by atoms with E-state index in [1.807, 2.05) is 0 Å². The van der Waals surface area contributed by atoms with E-state index in [1.54, 1.807) is 6.92 Å². The second-order valence-corrected chi connectivity index (χ2v) is 6.01. The highest BCUT2D eigenvalue weighted by atomic mass is 32.2. The number of carbonyl (C=O) groups is 3. The Bertz CT molecular complexity index is 447. The summed E-state index contributed by atoms with van der Waals surface area (Å²) >= 11 is 1.47. The Morgan fingerprint density at radius 2 is 2.15 bits per heavy atom. The van der Waals surface area contributed by atoms with Crippen molar-refractivity contribution in [1.82, 2.24) is 9.80 Å². The number of halogens is 1. The van der Waals surface area contributed by atoms with Gasteiger partial charge in [-0.3, -0.25) is 9.59 Å².